The van der Waals surface area contributed by atoms with Crippen LogP contribution < -0.4 is 5.73 Å². The van der Waals surface area contributed by atoms with Crippen molar-refractivity contribution in [1.29, 1.82) is 0 Å². The highest BCUT2D eigenvalue weighted by Gasteiger charge is 2.33. The van der Waals surface area contributed by atoms with E-state index >= 15 is 0 Å². The van der Waals surface area contributed by atoms with Gasteiger partial charge in [0.1, 0.15) is 0 Å². The standard InChI is InChI=1S/C15H23BrN2S/c1-11(17)14(12-4-6-13(16)7-5-12)18-8-9-19-15(2,3)10-18/h4-7,11,14H,8-10,17H2,1-3H3. The maximum atomic E-state index is 6.27. The Bertz CT molecular complexity index is 417. The lowest BCUT2D eigenvalue weighted by atomic mass is 9.98. The predicted molar refractivity (Wildman–Crippen MR) is 88.6 cm³/mol. The molecule has 2 rings (SSSR count). The normalized spacial score (nSPS) is 23.0. The summed E-state index contributed by atoms with van der Waals surface area (Å²) in [4.78, 5) is 2.55. The summed E-state index contributed by atoms with van der Waals surface area (Å²) in [5.41, 5.74) is 7.59. The van der Waals surface area contributed by atoms with Gasteiger partial charge in [0.2, 0.25) is 0 Å². The van der Waals surface area contributed by atoms with Crippen molar-refractivity contribution in [3.8, 4) is 0 Å². The van der Waals surface area contributed by atoms with Crippen LogP contribution in [0, 0.1) is 0 Å². The maximum Gasteiger partial charge on any atom is 0.0497 e. The second kappa shape index (κ2) is 6.17. The first-order valence-corrected chi connectivity index (χ1v) is 8.56. The SMILES string of the molecule is CC(N)C(c1ccc(Br)cc1)N1CCSC(C)(C)C1. The van der Waals surface area contributed by atoms with E-state index in [0.29, 0.717) is 10.8 Å². The Kier molecular flexibility index (Phi) is 4.99. The van der Waals surface area contributed by atoms with Crippen molar-refractivity contribution in [2.75, 3.05) is 18.8 Å². The van der Waals surface area contributed by atoms with E-state index in [1.54, 1.807) is 0 Å². The summed E-state index contributed by atoms with van der Waals surface area (Å²) < 4.78 is 1.44. The van der Waals surface area contributed by atoms with E-state index in [9.17, 15) is 0 Å². The van der Waals surface area contributed by atoms with Gasteiger partial charge in [-0.15, -0.1) is 0 Å². The molecular formula is C15H23BrN2S. The summed E-state index contributed by atoms with van der Waals surface area (Å²) in [6.45, 7) is 8.98. The van der Waals surface area contributed by atoms with Crippen molar-refractivity contribution in [1.82, 2.24) is 4.90 Å². The third-order valence-corrected chi connectivity index (χ3v) is 5.38. The lowest BCUT2D eigenvalue weighted by Gasteiger charge is -2.43. The molecule has 4 heteroatoms. The number of rotatable bonds is 3. The molecule has 1 heterocycles. The van der Waals surface area contributed by atoms with Crippen LogP contribution in [0.2, 0.25) is 0 Å². The fourth-order valence-electron chi connectivity index (χ4n) is 2.80. The fourth-order valence-corrected chi connectivity index (χ4v) is 4.20. The first-order valence-electron chi connectivity index (χ1n) is 6.78. The lowest BCUT2D eigenvalue weighted by molar-refractivity contribution is 0.168. The second-order valence-electron chi connectivity index (χ2n) is 5.93. The zero-order chi connectivity index (χ0) is 14.0. The van der Waals surface area contributed by atoms with Crippen LogP contribution in [-0.4, -0.2) is 34.5 Å². The Balaban J connectivity index is 2.22. The minimum atomic E-state index is 0.139. The first kappa shape index (κ1) is 15.4. The third-order valence-electron chi connectivity index (χ3n) is 3.56. The van der Waals surface area contributed by atoms with Crippen LogP contribution in [0.3, 0.4) is 0 Å². The van der Waals surface area contributed by atoms with Gasteiger partial charge in [-0.1, -0.05) is 28.1 Å². The monoisotopic (exact) mass is 342 g/mol. The lowest BCUT2D eigenvalue weighted by Crippen LogP contribution is -2.49. The van der Waals surface area contributed by atoms with E-state index < -0.39 is 0 Å². The average molecular weight is 343 g/mol. The van der Waals surface area contributed by atoms with E-state index in [1.165, 1.54) is 11.3 Å². The molecule has 1 saturated heterocycles. The maximum absolute atomic E-state index is 6.27. The summed E-state index contributed by atoms with van der Waals surface area (Å²) in [6, 6.07) is 9.04. The molecule has 2 nitrogen and oxygen atoms in total. The summed E-state index contributed by atoms with van der Waals surface area (Å²) in [7, 11) is 0. The molecular weight excluding hydrogens is 320 g/mol. The number of nitrogens with zero attached hydrogens (tertiary/aromatic N) is 1. The number of benzene rings is 1. The minimum Gasteiger partial charge on any atom is -0.326 e. The number of nitrogens with two attached hydrogens (primary N) is 1. The van der Waals surface area contributed by atoms with Crippen LogP contribution in [0.5, 0.6) is 0 Å². The summed E-state index contributed by atoms with van der Waals surface area (Å²) in [6.07, 6.45) is 0. The Morgan fingerprint density at radius 1 is 1.32 bits per heavy atom. The van der Waals surface area contributed by atoms with Crippen LogP contribution >= 0.6 is 27.7 Å². The highest BCUT2D eigenvalue weighted by Crippen LogP contribution is 2.35. The molecule has 1 aromatic rings. The zero-order valence-corrected chi connectivity index (χ0v) is 14.3. The molecule has 0 aliphatic carbocycles. The number of hydrogen-bond acceptors (Lipinski definition) is 3. The van der Waals surface area contributed by atoms with Gasteiger partial charge < -0.3 is 5.73 Å². The molecule has 0 spiro atoms. The van der Waals surface area contributed by atoms with Crippen molar-refractivity contribution in [3.63, 3.8) is 0 Å². The molecule has 0 amide bonds. The van der Waals surface area contributed by atoms with Crippen LogP contribution in [0.1, 0.15) is 32.4 Å². The Labute approximate surface area is 129 Å². The average Bonchev–Trinajstić information content (AvgIpc) is 2.30. The van der Waals surface area contributed by atoms with Gasteiger partial charge in [0.15, 0.2) is 0 Å². The molecule has 1 aromatic carbocycles. The summed E-state index contributed by atoms with van der Waals surface area (Å²) in [5, 5.41) is 0. The van der Waals surface area contributed by atoms with Crippen molar-refractivity contribution in [3.05, 3.63) is 34.3 Å². The molecule has 0 radical (unpaired) electrons. The molecule has 2 N–H and O–H groups in total. The van der Waals surface area contributed by atoms with Crippen LogP contribution in [0.4, 0.5) is 0 Å². The van der Waals surface area contributed by atoms with Crippen molar-refractivity contribution in [2.45, 2.75) is 37.6 Å². The molecule has 0 aromatic heterocycles. The first-order chi connectivity index (χ1) is 8.89. The molecule has 1 aliphatic rings. The fraction of sp³-hybridized carbons (Fsp3) is 0.600. The predicted octanol–water partition coefficient (Wildman–Crippen LogP) is 3.66. The zero-order valence-electron chi connectivity index (χ0n) is 11.9. The third kappa shape index (κ3) is 3.97. The highest BCUT2D eigenvalue weighted by atomic mass is 79.9. The molecule has 106 valence electrons. The molecule has 2 unspecified atom stereocenters. The van der Waals surface area contributed by atoms with Crippen LogP contribution in [-0.2, 0) is 0 Å². The largest absolute Gasteiger partial charge is 0.326 e. The Hall–Kier alpha value is -0.0300. The van der Waals surface area contributed by atoms with Gasteiger partial charge in [0, 0.05) is 40.1 Å². The van der Waals surface area contributed by atoms with E-state index in [2.05, 4.69) is 77.6 Å². The molecule has 2 atom stereocenters. The van der Waals surface area contributed by atoms with Crippen LogP contribution in [0.25, 0.3) is 0 Å². The van der Waals surface area contributed by atoms with E-state index in [4.69, 9.17) is 5.73 Å². The van der Waals surface area contributed by atoms with Crippen molar-refractivity contribution < 1.29 is 0 Å². The van der Waals surface area contributed by atoms with Crippen molar-refractivity contribution >= 4 is 27.7 Å². The smallest absolute Gasteiger partial charge is 0.0497 e. The van der Waals surface area contributed by atoms with Gasteiger partial charge in [0.25, 0.3) is 0 Å². The van der Waals surface area contributed by atoms with E-state index in [-0.39, 0.29) is 6.04 Å². The van der Waals surface area contributed by atoms with Gasteiger partial charge in [-0.05, 0) is 38.5 Å². The summed E-state index contributed by atoms with van der Waals surface area (Å²) in [5.74, 6) is 1.19. The molecule has 1 fully saturated rings. The van der Waals surface area contributed by atoms with Gasteiger partial charge >= 0.3 is 0 Å². The van der Waals surface area contributed by atoms with Crippen LogP contribution in [0.15, 0.2) is 28.7 Å². The number of halogens is 1. The quantitative estimate of drug-likeness (QED) is 0.908. The second-order valence-corrected chi connectivity index (χ2v) is 8.65. The van der Waals surface area contributed by atoms with Gasteiger partial charge in [0.05, 0.1) is 0 Å². The number of thioether (sulfide) groups is 1. The molecule has 0 bridgehead atoms. The topological polar surface area (TPSA) is 29.3 Å². The highest BCUT2D eigenvalue weighted by molar-refractivity contribution is 9.10. The van der Waals surface area contributed by atoms with Crippen molar-refractivity contribution in [2.24, 2.45) is 5.73 Å². The molecule has 19 heavy (non-hydrogen) atoms. The Morgan fingerprint density at radius 2 is 1.95 bits per heavy atom. The Morgan fingerprint density at radius 3 is 2.47 bits per heavy atom. The van der Waals surface area contributed by atoms with E-state index in [0.717, 1.165) is 17.6 Å². The van der Waals surface area contributed by atoms with Gasteiger partial charge in [-0.2, -0.15) is 11.8 Å². The molecule has 1 aliphatic heterocycles. The van der Waals surface area contributed by atoms with E-state index in [1.807, 2.05) is 0 Å². The molecule has 0 saturated carbocycles. The summed E-state index contributed by atoms with van der Waals surface area (Å²) >= 11 is 5.56. The van der Waals surface area contributed by atoms with Gasteiger partial charge in [-0.25, -0.2) is 0 Å². The van der Waals surface area contributed by atoms with Gasteiger partial charge in [-0.3, -0.25) is 4.90 Å². The minimum absolute atomic E-state index is 0.139. The number of hydrogen-bond donors (Lipinski definition) is 1.